The molecule has 0 saturated carbocycles. The lowest BCUT2D eigenvalue weighted by Gasteiger charge is -2.11. The van der Waals surface area contributed by atoms with Crippen molar-refractivity contribution in [2.45, 2.75) is 33.4 Å². The number of aromatic nitrogens is 1. The van der Waals surface area contributed by atoms with Crippen LogP contribution >= 0.6 is 35.3 Å². The lowest BCUT2D eigenvalue weighted by Crippen LogP contribution is -2.37. The second-order valence-electron chi connectivity index (χ2n) is 4.78. The molecule has 0 aliphatic heterocycles. The summed E-state index contributed by atoms with van der Waals surface area (Å²) in [5.74, 6) is 0.841. The van der Waals surface area contributed by atoms with Crippen molar-refractivity contribution in [3.05, 3.63) is 52.0 Å². The monoisotopic (exact) mass is 430 g/mol. The van der Waals surface area contributed by atoms with Crippen molar-refractivity contribution < 1.29 is 0 Å². The van der Waals surface area contributed by atoms with E-state index in [0.717, 1.165) is 31.2 Å². The summed E-state index contributed by atoms with van der Waals surface area (Å²) in [6, 6.07) is 10.2. The fourth-order valence-electron chi connectivity index (χ4n) is 1.82. The molecule has 6 heteroatoms. The highest BCUT2D eigenvalue weighted by atomic mass is 127. The molecule has 22 heavy (non-hydrogen) atoms. The zero-order valence-corrected chi connectivity index (χ0v) is 16.2. The summed E-state index contributed by atoms with van der Waals surface area (Å²) in [5, 5.41) is 6.71. The van der Waals surface area contributed by atoms with Gasteiger partial charge in [-0.1, -0.05) is 13.0 Å². The van der Waals surface area contributed by atoms with Gasteiger partial charge in [-0.05, 0) is 37.6 Å². The summed E-state index contributed by atoms with van der Waals surface area (Å²) in [4.78, 5) is 11.5. The van der Waals surface area contributed by atoms with Gasteiger partial charge in [-0.3, -0.25) is 4.98 Å². The van der Waals surface area contributed by atoms with Crippen LogP contribution in [0, 0.1) is 6.92 Å². The number of nitrogens with one attached hydrogen (secondary N) is 2. The molecule has 0 fully saturated rings. The molecule has 2 aromatic heterocycles. The van der Waals surface area contributed by atoms with Gasteiger partial charge in [0.2, 0.25) is 0 Å². The van der Waals surface area contributed by atoms with Crippen molar-refractivity contribution in [1.29, 1.82) is 0 Å². The Bertz CT molecular complexity index is 569. The first-order chi connectivity index (χ1) is 10.3. The molecule has 0 radical (unpaired) electrons. The third kappa shape index (κ3) is 6.74. The fourth-order valence-corrected chi connectivity index (χ4v) is 2.65. The number of pyridine rings is 1. The molecule has 0 bridgehead atoms. The van der Waals surface area contributed by atoms with Gasteiger partial charge in [-0.25, -0.2) is 4.99 Å². The van der Waals surface area contributed by atoms with Crippen molar-refractivity contribution in [2.75, 3.05) is 6.54 Å². The maximum atomic E-state index is 4.59. The van der Waals surface area contributed by atoms with Crippen molar-refractivity contribution in [2.24, 2.45) is 4.99 Å². The Hall–Kier alpha value is -1.15. The minimum absolute atomic E-state index is 0. The van der Waals surface area contributed by atoms with Gasteiger partial charge in [0, 0.05) is 22.5 Å². The Morgan fingerprint density at radius 2 is 2.09 bits per heavy atom. The van der Waals surface area contributed by atoms with E-state index < -0.39 is 0 Å². The molecular formula is C16H23IN4S. The van der Waals surface area contributed by atoms with E-state index in [9.17, 15) is 0 Å². The van der Waals surface area contributed by atoms with E-state index in [1.165, 1.54) is 9.75 Å². The summed E-state index contributed by atoms with van der Waals surface area (Å²) in [7, 11) is 0. The lowest BCUT2D eigenvalue weighted by atomic mass is 10.3. The van der Waals surface area contributed by atoms with Crippen molar-refractivity contribution >= 4 is 41.3 Å². The smallest absolute Gasteiger partial charge is 0.191 e. The standard InChI is InChI=1S/C16H22N4S.HI/c1-3-9-18-16(19-11-14-6-4-5-10-17-14)20-12-15-8-7-13(2)21-15;/h4-8,10H,3,9,11-12H2,1-2H3,(H2,18,19,20);1H. The highest BCUT2D eigenvalue weighted by Gasteiger charge is 2.01. The van der Waals surface area contributed by atoms with Crippen LogP contribution in [-0.2, 0) is 13.1 Å². The van der Waals surface area contributed by atoms with Crippen LogP contribution in [0.15, 0.2) is 41.5 Å². The van der Waals surface area contributed by atoms with Gasteiger partial charge in [0.15, 0.2) is 5.96 Å². The Balaban J connectivity index is 0.00000242. The molecule has 0 unspecified atom stereocenters. The summed E-state index contributed by atoms with van der Waals surface area (Å²) >= 11 is 1.81. The molecule has 4 nitrogen and oxygen atoms in total. The van der Waals surface area contributed by atoms with Gasteiger partial charge in [0.1, 0.15) is 0 Å². The highest BCUT2D eigenvalue weighted by Crippen LogP contribution is 2.14. The molecule has 2 aromatic rings. The number of nitrogens with zero attached hydrogens (tertiary/aromatic N) is 2. The average Bonchev–Trinajstić information content (AvgIpc) is 2.93. The Morgan fingerprint density at radius 3 is 2.73 bits per heavy atom. The number of aryl methyl sites for hydroxylation is 1. The third-order valence-corrected chi connectivity index (χ3v) is 3.89. The van der Waals surface area contributed by atoms with Gasteiger partial charge in [-0.2, -0.15) is 0 Å². The highest BCUT2D eigenvalue weighted by molar-refractivity contribution is 14.0. The Kier molecular flexibility index (Phi) is 9.07. The third-order valence-electron chi connectivity index (χ3n) is 2.89. The molecule has 0 aromatic carbocycles. The number of aliphatic imine (C=N–C) groups is 1. The molecule has 0 saturated heterocycles. The molecule has 2 N–H and O–H groups in total. The van der Waals surface area contributed by atoms with Crippen LogP contribution < -0.4 is 10.6 Å². The summed E-state index contributed by atoms with van der Waals surface area (Å²) < 4.78 is 0. The molecule has 0 aliphatic rings. The van der Waals surface area contributed by atoms with Crippen molar-refractivity contribution in [3.63, 3.8) is 0 Å². The zero-order chi connectivity index (χ0) is 14.9. The summed E-state index contributed by atoms with van der Waals surface area (Å²) in [6.45, 7) is 6.57. The lowest BCUT2D eigenvalue weighted by molar-refractivity contribution is 0.774. The van der Waals surface area contributed by atoms with Crippen LogP contribution in [-0.4, -0.2) is 17.5 Å². The van der Waals surface area contributed by atoms with Crippen molar-refractivity contribution in [3.8, 4) is 0 Å². The summed E-state index contributed by atoms with van der Waals surface area (Å²) in [6.07, 6.45) is 2.87. The van der Waals surface area contributed by atoms with Gasteiger partial charge >= 0.3 is 0 Å². The zero-order valence-electron chi connectivity index (χ0n) is 13.0. The second kappa shape index (κ2) is 10.6. The predicted molar refractivity (Wildman–Crippen MR) is 105 cm³/mol. The maximum absolute atomic E-state index is 4.59. The number of rotatable bonds is 6. The number of hydrogen-bond donors (Lipinski definition) is 2. The normalized spacial score (nSPS) is 10.9. The van der Waals surface area contributed by atoms with Crippen LogP contribution in [0.4, 0.5) is 0 Å². The first-order valence-corrected chi connectivity index (χ1v) is 8.07. The first kappa shape index (κ1) is 18.9. The van der Waals surface area contributed by atoms with E-state index in [4.69, 9.17) is 0 Å². The quantitative estimate of drug-likeness (QED) is 0.417. The molecule has 0 aliphatic carbocycles. The van der Waals surface area contributed by atoms with Crippen LogP contribution in [0.25, 0.3) is 0 Å². The van der Waals surface area contributed by atoms with Crippen LogP contribution in [0.3, 0.4) is 0 Å². The van der Waals surface area contributed by atoms with Gasteiger partial charge < -0.3 is 10.6 Å². The largest absolute Gasteiger partial charge is 0.356 e. The van der Waals surface area contributed by atoms with Gasteiger partial charge in [-0.15, -0.1) is 35.3 Å². The molecule has 0 atom stereocenters. The van der Waals surface area contributed by atoms with E-state index in [0.29, 0.717) is 6.54 Å². The average molecular weight is 430 g/mol. The summed E-state index contributed by atoms with van der Waals surface area (Å²) in [5.41, 5.74) is 0.974. The number of thiophene rings is 1. The number of hydrogen-bond acceptors (Lipinski definition) is 3. The van der Waals surface area contributed by atoms with Crippen LogP contribution in [0.5, 0.6) is 0 Å². The van der Waals surface area contributed by atoms with E-state index in [1.807, 2.05) is 29.5 Å². The van der Waals surface area contributed by atoms with E-state index >= 15 is 0 Å². The van der Waals surface area contributed by atoms with E-state index in [1.54, 1.807) is 6.20 Å². The second-order valence-corrected chi connectivity index (χ2v) is 6.15. The van der Waals surface area contributed by atoms with Gasteiger partial charge in [0.25, 0.3) is 0 Å². The molecular weight excluding hydrogens is 407 g/mol. The molecule has 0 amide bonds. The van der Waals surface area contributed by atoms with Gasteiger partial charge in [0.05, 0.1) is 18.8 Å². The van der Waals surface area contributed by atoms with Crippen LogP contribution in [0.2, 0.25) is 0 Å². The molecule has 0 spiro atoms. The van der Waals surface area contributed by atoms with Crippen LogP contribution in [0.1, 0.15) is 28.8 Å². The van der Waals surface area contributed by atoms with Crippen molar-refractivity contribution in [1.82, 2.24) is 15.6 Å². The SMILES string of the molecule is CCCNC(=NCc1ccccn1)NCc1ccc(C)s1.I. The topological polar surface area (TPSA) is 49.3 Å². The Labute approximate surface area is 153 Å². The Morgan fingerprint density at radius 1 is 1.23 bits per heavy atom. The minimum Gasteiger partial charge on any atom is -0.356 e. The molecule has 2 heterocycles. The number of guanidine groups is 1. The number of halogens is 1. The predicted octanol–water partition coefficient (Wildman–Crippen LogP) is 3.71. The fraction of sp³-hybridized carbons (Fsp3) is 0.375. The maximum Gasteiger partial charge on any atom is 0.191 e. The van der Waals surface area contributed by atoms with E-state index in [2.05, 4.69) is 46.6 Å². The van der Waals surface area contributed by atoms with E-state index in [-0.39, 0.29) is 24.0 Å². The molecule has 2 rings (SSSR count). The molecule has 120 valence electrons. The first-order valence-electron chi connectivity index (χ1n) is 7.25. The minimum atomic E-state index is 0.